The van der Waals surface area contributed by atoms with Gasteiger partial charge in [0.15, 0.2) is 9.84 Å². The minimum absolute atomic E-state index is 0.158. The highest BCUT2D eigenvalue weighted by molar-refractivity contribution is 7.92. The Morgan fingerprint density at radius 2 is 1.78 bits per heavy atom. The van der Waals surface area contributed by atoms with E-state index in [0.29, 0.717) is 17.0 Å². The van der Waals surface area contributed by atoms with Crippen LogP contribution >= 0.6 is 0 Å². The number of hydrogen-bond acceptors (Lipinski definition) is 6. The monoisotopic (exact) mass is 540 g/mol. The number of benzene rings is 1. The summed E-state index contributed by atoms with van der Waals surface area (Å²) in [5.74, 6) is -3.11. The van der Waals surface area contributed by atoms with Crippen molar-refractivity contribution in [3.63, 3.8) is 0 Å². The van der Waals surface area contributed by atoms with Gasteiger partial charge < -0.3 is 10.0 Å². The number of hydrogen-bond donors (Lipinski definition) is 1. The molecule has 2 aromatic rings. The van der Waals surface area contributed by atoms with Gasteiger partial charge in [-0.25, -0.2) is 22.9 Å². The third-order valence-corrected chi connectivity index (χ3v) is 8.58. The molecule has 1 N–H and O–H groups in total. The third kappa shape index (κ3) is 4.20. The molecule has 36 heavy (non-hydrogen) atoms. The molecule has 1 aromatic carbocycles. The standard InChI is InChI=1S/C20H18F6N4O5S/c1-10-27-9-30(28-10)11-2-3-15(13(6-11)19(21,22)23)36(34,35)12-7-14(16(31)32)29(8-12)17(33)18(4-5-18)20(24,25)26/h2-3,6,9,12,14H,4-5,7-8H2,1H3,(H,31,32)/t12-,14+/m1/s1. The molecule has 16 heteroatoms. The van der Waals surface area contributed by atoms with Gasteiger partial charge in [-0.05, 0) is 44.4 Å². The van der Waals surface area contributed by atoms with Crippen molar-refractivity contribution in [2.45, 2.75) is 54.7 Å². The number of aromatic nitrogens is 3. The van der Waals surface area contributed by atoms with E-state index < -0.39 is 87.0 Å². The molecule has 1 saturated heterocycles. The first-order chi connectivity index (χ1) is 16.5. The topological polar surface area (TPSA) is 122 Å². The Morgan fingerprint density at radius 1 is 1.14 bits per heavy atom. The van der Waals surface area contributed by atoms with Gasteiger partial charge >= 0.3 is 18.3 Å². The molecule has 1 aliphatic carbocycles. The van der Waals surface area contributed by atoms with Crippen molar-refractivity contribution in [3.8, 4) is 5.69 Å². The molecule has 2 fully saturated rings. The van der Waals surface area contributed by atoms with Crippen molar-refractivity contribution in [1.29, 1.82) is 0 Å². The van der Waals surface area contributed by atoms with Crippen LogP contribution in [0.5, 0.6) is 0 Å². The van der Waals surface area contributed by atoms with Crippen molar-refractivity contribution in [3.05, 3.63) is 35.9 Å². The zero-order valence-corrected chi connectivity index (χ0v) is 19.2. The van der Waals surface area contributed by atoms with Crippen molar-refractivity contribution in [2.24, 2.45) is 5.41 Å². The highest BCUT2D eigenvalue weighted by Crippen LogP contribution is 2.59. The number of amides is 1. The number of rotatable bonds is 5. The predicted octanol–water partition coefficient (Wildman–Crippen LogP) is 2.76. The molecule has 2 atom stereocenters. The van der Waals surface area contributed by atoms with Gasteiger partial charge in [-0.3, -0.25) is 4.79 Å². The Morgan fingerprint density at radius 3 is 2.25 bits per heavy atom. The van der Waals surface area contributed by atoms with Crippen LogP contribution in [0.1, 0.15) is 30.7 Å². The molecule has 1 saturated carbocycles. The maximum Gasteiger partial charge on any atom is 0.417 e. The van der Waals surface area contributed by atoms with Crippen LogP contribution in [0, 0.1) is 12.3 Å². The molecule has 2 heterocycles. The van der Waals surface area contributed by atoms with Gasteiger partial charge in [0.2, 0.25) is 5.91 Å². The summed E-state index contributed by atoms with van der Waals surface area (Å²) < 4.78 is 109. The summed E-state index contributed by atoms with van der Waals surface area (Å²) >= 11 is 0. The Balaban J connectivity index is 1.73. The lowest BCUT2D eigenvalue weighted by Crippen LogP contribution is -2.48. The Kier molecular flexibility index (Phi) is 5.88. The number of halogens is 6. The fourth-order valence-electron chi connectivity index (χ4n) is 4.28. The van der Waals surface area contributed by atoms with Gasteiger partial charge in [0, 0.05) is 6.54 Å². The van der Waals surface area contributed by atoms with Crippen LogP contribution in [0.25, 0.3) is 5.69 Å². The number of likely N-dealkylation sites (tertiary alicyclic amines) is 1. The van der Waals surface area contributed by atoms with Gasteiger partial charge in [0.05, 0.1) is 21.4 Å². The quantitative estimate of drug-likeness (QED) is 0.579. The van der Waals surface area contributed by atoms with Crippen molar-refractivity contribution in [2.75, 3.05) is 6.54 Å². The van der Waals surface area contributed by atoms with Crippen LogP contribution in [-0.2, 0) is 25.6 Å². The molecule has 2 aliphatic rings. The zero-order chi connectivity index (χ0) is 26.8. The second-order valence-electron chi connectivity index (χ2n) is 8.71. The Labute approximate surface area is 199 Å². The number of carbonyl (C=O) groups is 2. The van der Waals surface area contributed by atoms with Crippen molar-refractivity contribution < 1.29 is 49.5 Å². The summed E-state index contributed by atoms with van der Waals surface area (Å²) in [6.07, 6.45) is -11.1. The summed E-state index contributed by atoms with van der Waals surface area (Å²) in [5, 5.41) is 11.5. The van der Waals surface area contributed by atoms with Crippen LogP contribution in [0.15, 0.2) is 29.4 Å². The molecule has 0 radical (unpaired) electrons. The van der Waals surface area contributed by atoms with E-state index in [4.69, 9.17) is 0 Å². The molecule has 1 aromatic heterocycles. The molecule has 4 rings (SSSR count). The minimum Gasteiger partial charge on any atom is -0.480 e. The number of nitrogens with zero attached hydrogens (tertiary/aromatic N) is 4. The molecule has 1 aliphatic heterocycles. The smallest absolute Gasteiger partial charge is 0.417 e. The number of aliphatic carboxylic acids is 1. The first kappa shape index (κ1) is 25.9. The first-order valence-corrected chi connectivity index (χ1v) is 12.0. The molecule has 196 valence electrons. The largest absolute Gasteiger partial charge is 0.480 e. The summed E-state index contributed by atoms with van der Waals surface area (Å²) in [6.45, 7) is 0.494. The SMILES string of the molecule is Cc1ncn(-c2ccc(S(=O)(=O)[C@@H]3C[C@@H](C(=O)O)N(C(=O)C4(C(F)(F)F)CC4)C3)c(C(F)(F)F)c2)n1. The van der Waals surface area contributed by atoms with E-state index in [1.807, 2.05) is 0 Å². The van der Waals surface area contributed by atoms with Crippen LogP contribution in [0.4, 0.5) is 26.3 Å². The summed E-state index contributed by atoms with van der Waals surface area (Å²) in [7, 11) is -4.94. The maximum atomic E-state index is 13.9. The molecule has 0 bridgehead atoms. The number of alkyl halides is 6. The van der Waals surface area contributed by atoms with E-state index in [2.05, 4.69) is 10.1 Å². The number of carboxylic acids is 1. The average molecular weight is 540 g/mol. The molecule has 9 nitrogen and oxygen atoms in total. The summed E-state index contributed by atoms with van der Waals surface area (Å²) in [4.78, 5) is 27.3. The fourth-order valence-corrected chi connectivity index (χ4v) is 6.17. The van der Waals surface area contributed by atoms with E-state index in [0.717, 1.165) is 17.1 Å². The Bertz CT molecular complexity index is 1330. The normalized spacial score (nSPS) is 22.0. The van der Waals surface area contributed by atoms with Gasteiger partial charge in [0.1, 0.15) is 23.6 Å². The van der Waals surface area contributed by atoms with Crippen LogP contribution in [-0.4, -0.2) is 69.1 Å². The van der Waals surface area contributed by atoms with Gasteiger partial charge in [-0.15, -0.1) is 0 Å². The number of carbonyl (C=O) groups excluding carboxylic acids is 1. The lowest BCUT2D eigenvalue weighted by Gasteiger charge is -2.28. The third-order valence-electron chi connectivity index (χ3n) is 6.40. The summed E-state index contributed by atoms with van der Waals surface area (Å²) in [5.41, 5.74) is -4.54. The zero-order valence-electron chi connectivity index (χ0n) is 18.3. The maximum absolute atomic E-state index is 13.9. The Hall–Kier alpha value is -3.17. The molecule has 0 unspecified atom stereocenters. The minimum atomic E-state index is -5.16. The van der Waals surface area contributed by atoms with Gasteiger partial charge in [-0.1, -0.05) is 0 Å². The second kappa shape index (κ2) is 8.18. The summed E-state index contributed by atoms with van der Waals surface area (Å²) in [6, 6.07) is 0.286. The molecular formula is C20H18F6N4O5S. The fraction of sp³-hybridized carbons (Fsp3) is 0.500. The lowest BCUT2D eigenvalue weighted by atomic mass is 10.0. The predicted molar refractivity (Wildman–Crippen MR) is 108 cm³/mol. The number of aryl methyl sites for hydroxylation is 1. The first-order valence-electron chi connectivity index (χ1n) is 10.4. The van der Waals surface area contributed by atoms with Crippen molar-refractivity contribution >= 4 is 21.7 Å². The molecular weight excluding hydrogens is 522 g/mol. The van der Waals surface area contributed by atoms with E-state index in [9.17, 15) is 49.5 Å². The molecule has 1 amide bonds. The molecule has 0 spiro atoms. The number of carboxylic acid groups (broad SMARTS) is 1. The van der Waals surface area contributed by atoms with Crippen LogP contribution in [0.2, 0.25) is 0 Å². The van der Waals surface area contributed by atoms with E-state index in [1.54, 1.807) is 0 Å². The lowest BCUT2D eigenvalue weighted by molar-refractivity contribution is -0.199. The van der Waals surface area contributed by atoms with Gasteiger partial charge in [0.25, 0.3) is 0 Å². The van der Waals surface area contributed by atoms with Crippen LogP contribution < -0.4 is 0 Å². The highest BCUT2D eigenvalue weighted by Gasteiger charge is 2.70. The van der Waals surface area contributed by atoms with E-state index in [1.165, 1.54) is 6.92 Å². The second-order valence-corrected chi connectivity index (χ2v) is 10.9. The van der Waals surface area contributed by atoms with E-state index in [-0.39, 0.29) is 11.5 Å². The average Bonchev–Trinajstić information content (AvgIpc) is 3.28. The van der Waals surface area contributed by atoms with Crippen molar-refractivity contribution in [1.82, 2.24) is 19.7 Å². The van der Waals surface area contributed by atoms with E-state index >= 15 is 0 Å². The van der Waals surface area contributed by atoms with Gasteiger partial charge in [-0.2, -0.15) is 31.4 Å². The highest BCUT2D eigenvalue weighted by atomic mass is 32.2. The van der Waals surface area contributed by atoms with Crippen LogP contribution in [0.3, 0.4) is 0 Å². The number of sulfone groups is 1.